The van der Waals surface area contributed by atoms with Crippen LogP contribution in [0.25, 0.3) is 10.6 Å². The summed E-state index contributed by atoms with van der Waals surface area (Å²) in [6.45, 7) is -0.0547. The smallest absolute Gasteiger partial charge is 0.277 e. The zero-order valence-corrected chi connectivity index (χ0v) is 12.5. The van der Waals surface area contributed by atoms with Crippen LogP contribution in [0.3, 0.4) is 0 Å². The quantitative estimate of drug-likeness (QED) is 0.886. The number of rotatable bonds is 5. The fourth-order valence-corrected chi connectivity index (χ4v) is 2.67. The van der Waals surface area contributed by atoms with E-state index in [2.05, 4.69) is 10.3 Å². The maximum atomic E-state index is 13.1. The molecule has 1 amide bonds. The number of nitrogens with one attached hydrogen (secondary N) is 1. The second-order valence-electron chi connectivity index (χ2n) is 4.68. The molecule has 0 aliphatic carbocycles. The Hall–Kier alpha value is -1.93. The molecule has 2 rings (SSSR count). The molecule has 0 radical (unpaired) electrons. The van der Waals surface area contributed by atoms with Gasteiger partial charge in [-0.05, 0) is 31.2 Å². The molecule has 4 nitrogen and oxygen atoms in total. The van der Waals surface area contributed by atoms with Crippen molar-refractivity contribution in [2.75, 3.05) is 13.1 Å². The Bertz CT molecular complexity index is 670. The average Bonchev–Trinajstić information content (AvgIpc) is 2.88. The van der Waals surface area contributed by atoms with Gasteiger partial charge in [0.15, 0.2) is 0 Å². The first-order valence-corrected chi connectivity index (χ1v) is 7.23. The highest BCUT2D eigenvalue weighted by molar-refractivity contribution is 7.17. The average molecular weight is 329 g/mol. The third-order valence-corrected chi connectivity index (χ3v) is 4.11. The molecular formula is C14H14F3N3OS. The maximum absolute atomic E-state index is 13.1. The predicted octanol–water partition coefficient (Wildman–Crippen LogP) is 2.58. The van der Waals surface area contributed by atoms with Crippen molar-refractivity contribution in [3.8, 4) is 10.6 Å². The van der Waals surface area contributed by atoms with Crippen molar-refractivity contribution in [3.63, 3.8) is 0 Å². The summed E-state index contributed by atoms with van der Waals surface area (Å²) in [6, 6.07) is 5.65. The Morgan fingerprint density at radius 3 is 2.59 bits per heavy atom. The van der Waals surface area contributed by atoms with Crippen LogP contribution in [0.2, 0.25) is 0 Å². The van der Waals surface area contributed by atoms with Crippen LogP contribution in [0, 0.1) is 12.7 Å². The molecule has 0 saturated carbocycles. The van der Waals surface area contributed by atoms with Crippen molar-refractivity contribution in [1.82, 2.24) is 10.3 Å². The van der Waals surface area contributed by atoms with Gasteiger partial charge in [0.1, 0.15) is 15.7 Å². The summed E-state index contributed by atoms with van der Waals surface area (Å²) in [5.74, 6) is -4.15. The van der Waals surface area contributed by atoms with E-state index in [1.54, 1.807) is 6.92 Å². The Labute approximate surface area is 129 Å². The van der Waals surface area contributed by atoms with Crippen LogP contribution in [0.15, 0.2) is 24.3 Å². The van der Waals surface area contributed by atoms with E-state index in [0.717, 1.165) is 11.3 Å². The molecule has 0 aliphatic heterocycles. The van der Waals surface area contributed by atoms with Crippen LogP contribution in [-0.4, -0.2) is 29.9 Å². The third-order valence-electron chi connectivity index (χ3n) is 2.90. The van der Waals surface area contributed by atoms with Crippen LogP contribution in [-0.2, 0) is 0 Å². The third kappa shape index (κ3) is 3.83. The number of nitrogens with two attached hydrogens (primary N) is 1. The fraction of sp³-hybridized carbons (Fsp3) is 0.286. The number of thiazole rings is 1. The lowest BCUT2D eigenvalue weighted by atomic mass is 10.2. The van der Waals surface area contributed by atoms with Gasteiger partial charge in [-0.2, -0.15) is 0 Å². The summed E-state index contributed by atoms with van der Waals surface area (Å²) in [5.41, 5.74) is 5.99. The summed E-state index contributed by atoms with van der Waals surface area (Å²) in [5, 5.41) is 2.67. The van der Waals surface area contributed by atoms with Gasteiger partial charge in [-0.3, -0.25) is 4.79 Å². The summed E-state index contributed by atoms with van der Waals surface area (Å²) < 4.78 is 39.0. The summed E-state index contributed by atoms with van der Waals surface area (Å²) in [4.78, 5) is 16.4. The topological polar surface area (TPSA) is 68.0 Å². The summed E-state index contributed by atoms with van der Waals surface area (Å²) >= 11 is 1.06. The molecule has 0 saturated heterocycles. The standard InChI is InChI=1S/C14H14F3N3OS/c1-8-11(12(21)19-7-14(16,17)6-18)22-13(20-8)9-2-4-10(15)5-3-9/h2-5H,6-7,18H2,1H3,(H,19,21). The number of carbonyl (C=O) groups excluding carboxylic acids is 1. The van der Waals surface area contributed by atoms with Crippen LogP contribution in [0.5, 0.6) is 0 Å². The molecule has 0 fully saturated rings. The van der Waals surface area contributed by atoms with E-state index in [9.17, 15) is 18.0 Å². The monoisotopic (exact) mass is 329 g/mol. The number of carbonyl (C=O) groups is 1. The molecule has 0 atom stereocenters. The number of hydrogen-bond acceptors (Lipinski definition) is 4. The molecule has 1 heterocycles. The van der Waals surface area contributed by atoms with Crippen molar-refractivity contribution in [1.29, 1.82) is 0 Å². The highest BCUT2D eigenvalue weighted by Gasteiger charge is 2.28. The lowest BCUT2D eigenvalue weighted by Gasteiger charge is -2.13. The molecular weight excluding hydrogens is 315 g/mol. The number of aryl methyl sites for hydroxylation is 1. The zero-order chi connectivity index (χ0) is 16.3. The Kier molecular flexibility index (Phi) is 4.82. The van der Waals surface area contributed by atoms with Gasteiger partial charge in [0, 0.05) is 5.56 Å². The molecule has 1 aromatic carbocycles. The fourth-order valence-electron chi connectivity index (χ4n) is 1.69. The second kappa shape index (κ2) is 6.45. The van der Waals surface area contributed by atoms with E-state index >= 15 is 0 Å². The summed E-state index contributed by atoms with van der Waals surface area (Å²) in [7, 11) is 0. The molecule has 0 unspecified atom stereocenters. The van der Waals surface area contributed by atoms with Crippen molar-refractivity contribution >= 4 is 17.2 Å². The first kappa shape index (κ1) is 16.4. The number of halogens is 3. The van der Waals surface area contributed by atoms with Gasteiger partial charge in [0.25, 0.3) is 11.8 Å². The lowest BCUT2D eigenvalue weighted by Crippen LogP contribution is -2.41. The predicted molar refractivity (Wildman–Crippen MR) is 78.6 cm³/mol. The largest absolute Gasteiger partial charge is 0.345 e. The zero-order valence-electron chi connectivity index (χ0n) is 11.7. The van der Waals surface area contributed by atoms with Crippen molar-refractivity contribution in [2.24, 2.45) is 5.73 Å². The van der Waals surface area contributed by atoms with Crippen LogP contribution >= 0.6 is 11.3 Å². The number of hydrogen-bond donors (Lipinski definition) is 2. The lowest BCUT2D eigenvalue weighted by molar-refractivity contribution is 0.0119. The van der Waals surface area contributed by atoms with Crippen LogP contribution < -0.4 is 11.1 Å². The molecule has 0 spiro atoms. The van der Waals surface area contributed by atoms with Crippen LogP contribution in [0.4, 0.5) is 13.2 Å². The van der Waals surface area contributed by atoms with Crippen LogP contribution in [0.1, 0.15) is 15.4 Å². The highest BCUT2D eigenvalue weighted by Crippen LogP contribution is 2.28. The van der Waals surface area contributed by atoms with Gasteiger partial charge in [0.05, 0.1) is 18.8 Å². The van der Waals surface area contributed by atoms with E-state index in [-0.39, 0.29) is 10.7 Å². The number of amides is 1. The Balaban J connectivity index is 2.16. The SMILES string of the molecule is Cc1nc(-c2ccc(F)cc2)sc1C(=O)NCC(F)(F)CN. The normalized spacial score (nSPS) is 11.5. The number of alkyl halides is 2. The minimum Gasteiger partial charge on any atom is -0.345 e. The number of benzene rings is 1. The maximum Gasteiger partial charge on any atom is 0.277 e. The van der Waals surface area contributed by atoms with Crippen molar-refractivity contribution < 1.29 is 18.0 Å². The van der Waals surface area contributed by atoms with E-state index in [1.807, 2.05) is 0 Å². The molecule has 0 aliphatic rings. The first-order valence-electron chi connectivity index (χ1n) is 6.42. The van der Waals surface area contributed by atoms with Gasteiger partial charge in [0.2, 0.25) is 0 Å². The Morgan fingerprint density at radius 1 is 1.36 bits per heavy atom. The van der Waals surface area contributed by atoms with E-state index in [0.29, 0.717) is 16.3 Å². The van der Waals surface area contributed by atoms with Crippen molar-refractivity contribution in [2.45, 2.75) is 12.8 Å². The minimum atomic E-state index is -3.14. The molecule has 1 aromatic heterocycles. The van der Waals surface area contributed by atoms with Gasteiger partial charge >= 0.3 is 0 Å². The number of nitrogens with zero attached hydrogens (tertiary/aromatic N) is 1. The molecule has 22 heavy (non-hydrogen) atoms. The molecule has 2 aromatic rings. The second-order valence-corrected chi connectivity index (χ2v) is 5.68. The van der Waals surface area contributed by atoms with Gasteiger partial charge in [-0.25, -0.2) is 18.2 Å². The first-order chi connectivity index (χ1) is 10.3. The minimum absolute atomic E-state index is 0.243. The Morgan fingerprint density at radius 2 is 2.00 bits per heavy atom. The highest BCUT2D eigenvalue weighted by atomic mass is 32.1. The van der Waals surface area contributed by atoms with E-state index in [1.165, 1.54) is 24.3 Å². The molecule has 3 N–H and O–H groups in total. The molecule has 8 heteroatoms. The van der Waals surface area contributed by atoms with Gasteiger partial charge in [-0.15, -0.1) is 11.3 Å². The molecule has 0 bridgehead atoms. The van der Waals surface area contributed by atoms with Crippen molar-refractivity contribution in [3.05, 3.63) is 40.7 Å². The van der Waals surface area contributed by atoms with E-state index < -0.39 is 24.9 Å². The van der Waals surface area contributed by atoms with E-state index in [4.69, 9.17) is 5.73 Å². The van der Waals surface area contributed by atoms with Gasteiger partial charge in [-0.1, -0.05) is 0 Å². The summed E-state index contributed by atoms with van der Waals surface area (Å²) in [6.07, 6.45) is 0. The number of aromatic nitrogens is 1. The van der Waals surface area contributed by atoms with Gasteiger partial charge < -0.3 is 11.1 Å². The molecule has 118 valence electrons.